The van der Waals surface area contributed by atoms with Crippen LogP contribution >= 0.6 is 38.5 Å². The average molecular weight is 417 g/mol. The third-order valence-electron chi connectivity index (χ3n) is 2.71. The van der Waals surface area contributed by atoms with E-state index in [0.29, 0.717) is 0 Å². The Morgan fingerprint density at radius 1 is 1.22 bits per heavy atom. The molecule has 0 heterocycles. The van der Waals surface area contributed by atoms with Gasteiger partial charge in [0.2, 0.25) is 0 Å². The molecule has 0 radical (unpaired) electrons. The van der Waals surface area contributed by atoms with Crippen molar-refractivity contribution in [1.29, 1.82) is 0 Å². The summed E-state index contributed by atoms with van der Waals surface area (Å²) in [4.78, 5) is 0. The van der Waals surface area contributed by atoms with Gasteiger partial charge in [0.1, 0.15) is 0 Å². The van der Waals surface area contributed by atoms with E-state index in [4.69, 9.17) is 5.73 Å². The van der Waals surface area contributed by atoms with Crippen molar-refractivity contribution >= 4 is 49.9 Å². The lowest BCUT2D eigenvalue weighted by atomic mass is 10.1. The van der Waals surface area contributed by atoms with Gasteiger partial charge in [-0.25, -0.2) is 0 Å². The van der Waals surface area contributed by atoms with Crippen molar-refractivity contribution in [3.8, 4) is 0 Å². The zero-order chi connectivity index (χ0) is 13.1. The Bertz CT molecular complexity index is 557. The van der Waals surface area contributed by atoms with Crippen LogP contribution in [0.15, 0.2) is 46.9 Å². The fraction of sp³-hybridized carbons (Fsp3) is 0.143. The van der Waals surface area contributed by atoms with E-state index in [9.17, 15) is 0 Å². The molecule has 0 spiro atoms. The van der Waals surface area contributed by atoms with Crippen molar-refractivity contribution < 1.29 is 0 Å². The lowest BCUT2D eigenvalue weighted by Crippen LogP contribution is -2.07. The summed E-state index contributed by atoms with van der Waals surface area (Å²) in [6.07, 6.45) is 0. The van der Waals surface area contributed by atoms with Gasteiger partial charge in [0, 0.05) is 25.5 Å². The van der Waals surface area contributed by atoms with E-state index in [1.165, 1.54) is 5.56 Å². The predicted octanol–water partition coefficient (Wildman–Crippen LogP) is 4.81. The van der Waals surface area contributed by atoms with E-state index in [1.54, 1.807) is 0 Å². The van der Waals surface area contributed by atoms with Crippen LogP contribution in [0, 0.1) is 3.57 Å². The van der Waals surface area contributed by atoms with Gasteiger partial charge in [0.25, 0.3) is 0 Å². The molecule has 4 heteroatoms. The zero-order valence-electron chi connectivity index (χ0n) is 9.95. The molecule has 94 valence electrons. The first-order valence-electron chi connectivity index (χ1n) is 5.63. The van der Waals surface area contributed by atoms with Gasteiger partial charge >= 0.3 is 0 Å². The summed E-state index contributed by atoms with van der Waals surface area (Å²) >= 11 is 5.79. The third-order valence-corrected chi connectivity index (χ3v) is 4.10. The summed E-state index contributed by atoms with van der Waals surface area (Å²) in [6.45, 7) is 2.15. The highest BCUT2D eigenvalue weighted by Gasteiger charge is 2.07. The standard InChI is InChI=1S/C14H14BrIN2/c1-9(10-3-2-4-11(15)7-10)18-14-6-5-12(17)8-13(14)16/h2-9,18H,17H2,1H3. The fourth-order valence-corrected chi connectivity index (χ4v) is 2.85. The Kier molecular flexibility index (Phi) is 4.50. The largest absolute Gasteiger partial charge is 0.399 e. The number of nitrogens with two attached hydrogens (primary N) is 1. The van der Waals surface area contributed by atoms with Gasteiger partial charge in [-0.05, 0) is 65.4 Å². The Balaban J connectivity index is 2.18. The first-order valence-corrected chi connectivity index (χ1v) is 7.50. The Morgan fingerprint density at radius 3 is 2.67 bits per heavy atom. The van der Waals surface area contributed by atoms with Crippen molar-refractivity contribution in [3.63, 3.8) is 0 Å². The Labute approximate surface area is 129 Å². The highest BCUT2D eigenvalue weighted by molar-refractivity contribution is 14.1. The minimum Gasteiger partial charge on any atom is -0.399 e. The van der Waals surface area contributed by atoms with Gasteiger partial charge in [0.15, 0.2) is 0 Å². The van der Waals surface area contributed by atoms with E-state index in [2.05, 4.69) is 62.9 Å². The van der Waals surface area contributed by atoms with Crippen molar-refractivity contribution in [1.82, 2.24) is 0 Å². The van der Waals surface area contributed by atoms with Crippen LogP contribution in [0.5, 0.6) is 0 Å². The molecule has 0 aromatic heterocycles. The molecular weight excluding hydrogens is 403 g/mol. The zero-order valence-corrected chi connectivity index (χ0v) is 13.7. The number of nitrogen functional groups attached to an aromatic ring is 1. The molecule has 2 aromatic carbocycles. The van der Waals surface area contributed by atoms with Gasteiger partial charge in [-0.1, -0.05) is 28.1 Å². The van der Waals surface area contributed by atoms with Crippen molar-refractivity contribution in [2.75, 3.05) is 11.1 Å². The second-order valence-corrected chi connectivity index (χ2v) is 6.24. The quantitative estimate of drug-likeness (QED) is 0.556. The summed E-state index contributed by atoms with van der Waals surface area (Å²) in [7, 11) is 0. The van der Waals surface area contributed by atoms with Gasteiger partial charge in [-0.3, -0.25) is 0 Å². The molecule has 0 amide bonds. The van der Waals surface area contributed by atoms with E-state index < -0.39 is 0 Å². The van der Waals surface area contributed by atoms with Crippen LogP contribution in [-0.4, -0.2) is 0 Å². The number of hydrogen-bond acceptors (Lipinski definition) is 2. The molecule has 0 aliphatic carbocycles. The Hall–Kier alpha value is -0.750. The number of halogens is 2. The molecule has 0 saturated heterocycles. The molecular formula is C14H14BrIN2. The molecule has 2 nitrogen and oxygen atoms in total. The maximum atomic E-state index is 5.75. The highest BCUT2D eigenvalue weighted by atomic mass is 127. The van der Waals surface area contributed by atoms with Crippen LogP contribution < -0.4 is 11.1 Å². The minimum atomic E-state index is 0.250. The van der Waals surface area contributed by atoms with Crippen molar-refractivity contribution in [3.05, 3.63) is 56.1 Å². The summed E-state index contributed by atoms with van der Waals surface area (Å²) < 4.78 is 2.23. The van der Waals surface area contributed by atoms with E-state index in [-0.39, 0.29) is 6.04 Å². The van der Waals surface area contributed by atoms with E-state index in [1.807, 2.05) is 30.3 Å². The number of benzene rings is 2. The minimum absolute atomic E-state index is 0.250. The van der Waals surface area contributed by atoms with E-state index in [0.717, 1.165) is 19.4 Å². The van der Waals surface area contributed by atoms with Gasteiger partial charge in [0.05, 0.1) is 0 Å². The molecule has 1 unspecified atom stereocenters. The van der Waals surface area contributed by atoms with Crippen LogP contribution in [0.1, 0.15) is 18.5 Å². The summed E-state index contributed by atoms with van der Waals surface area (Å²) in [5.41, 5.74) is 8.90. The first kappa shape index (κ1) is 13.7. The highest BCUT2D eigenvalue weighted by Crippen LogP contribution is 2.26. The molecule has 0 aliphatic rings. The lowest BCUT2D eigenvalue weighted by molar-refractivity contribution is 0.882. The average Bonchev–Trinajstić information content (AvgIpc) is 2.32. The van der Waals surface area contributed by atoms with Crippen molar-refractivity contribution in [2.45, 2.75) is 13.0 Å². The van der Waals surface area contributed by atoms with Gasteiger partial charge < -0.3 is 11.1 Å². The summed E-state index contributed by atoms with van der Waals surface area (Å²) in [5.74, 6) is 0. The smallest absolute Gasteiger partial charge is 0.0486 e. The topological polar surface area (TPSA) is 38.0 Å². The van der Waals surface area contributed by atoms with Gasteiger partial charge in [-0.15, -0.1) is 0 Å². The van der Waals surface area contributed by atoms with Gasteiger partial charge in [-0.2, -0.15) is 0 Å². The van der Waals surface area contributed by atoms with Crippen LogP contribution in [0.2, 0.25) is 0 Å². The number of hydrogen-bond donors (Lipinski definition) is 2. The number of anilines is 2. The van der Waals surface area contributed by atoms with Crippen LogP contribution in [0.3, 0.4) is 0 Å². The molecule has 0 aliphatic heterocycles. The maximum absolute atomic E-state index is 5.75. The second-order valence-electron chi connectivity index (χ2n) is 4.16. The third kappa shape index (κ3) is 3.38. The molecule has 2 aromatic rings. The fourth-order valence-electron chi connectivity index (χ4n) is 1.74. The summed E-state index contributed by atoms with van der Waals surface area (Å²) in [5, 5.41) is 3.50. The molecule has 18 heavy (non-hydrogen) atoms. The molecule has 0 saturated carbocycles. The molecule has 0 bridgehead atoms. The molecule has 2 rings (SSSR count). The Morgan fingerprint density at radius 2 is 2.00 bits per heavy atom. The van der Waals surface area contributed by atoms with Crippen LogP contribution in [0.25, 0.3) is 0 Å². The SMILES string of the molecule is CC(Nc1ccc(N)cc1I)c1cccc(Br)c1. The lowest BCUT2D eigenvalue weighted by Gasteiger charge is -2.17. The molecule has 3 N–H and O–H groups in total. The number of nitrogens with one attached hydrogen (secondary N) is 1. The first-order chi connectivity index (χ1) is 8.56. The maximum Gasteiger partial charge on any atom is 0.0486 e. The molecule has 0 fully saturated rings. The normalized spacial score (nSPS) is 12.2. The van der Waals surface area contributed by atoms with Crippen LogP contribution in [-0.2, 0) is 0 Å². The van der Waals surface area contributed by atoms with Crippen molar-refractivity contribution in [2.24, 2.45) is 0 Å². The summed E-state index contributed by atoms with van der Waals surface area (Å²) in [6, 6.07) is 14.5. The monoisotopic (exact) mass is 416 g/mol. The second kappa shape index (κ2) is 5.93. The number of rotatable bonds is 3. The molecule has 1 atom stereocenters. The van der Waals surface area contributed by atoms with Crippen LogP contribution in [0.4, 0.5) is 11.4 Å². The predicted molar refractivity (Wildman–Crippen MR) is 89.8 cm³/mol. The van der Waals surface area contributed by atoms with E-state index >= 15 is 0 Å².